The maximum absolute atomic E-state index is 11.6. The van der Waals surface area contributed by atoms with Gasteiger partial charge in [-0.1, -0.05) is 6.92 Å². The number of carbonyl (C=O) groups excluding carboxylic acids is 2. The molecule has 0 saturated carbocycles. The maximum atomic E-state index is 11.6. The van der Waals surface area contributed by atoms with Crippen molar-refractivity contribution in [1.82, 2.24) is 5.32 Å². The number of nitrogens with two attached hydrogens (primary N) is 1. The van der Waals surface area contributed by atoms with E-state index in [0.29, 0.717) is 6.42 Å². The van der Waals surface area contributed by atoms with E-state index in [1.807, 2.05) is 0 Å². The predicted octanol–water partition coefficient (Wildman–Crippen LogP) is -0.365. The smallest absolute Gasteiger partial charge is 0.328 e. The molecule has 0 spiro atoms. The molecule has 0 fully saturated rings. The van der Waals surface area contributed by atoms with Crippen LogP contribution in [0.5, 0.6) is 0 Å². The number of carboxylic acids is 1. The van der Waals surface area contributed by atoms with E-state index in [2.05, 4.69) is 5.32 Å². The second-order valence-corrected chi connectivity index (χ2v) is 4.16. The summed E-state index contributed by atoms with van der Waals surface area (Å²) in [5, 5.41) is 10.9. The van der Waals surface area contributed by atoms with Gasteiger partial charge in [-0.05, 0) is 20.3 Å². The molecule has 0 aliphatic carbocycles. The number of ether oxygens (including phenoxy) is 1. The number of aliphatic carboxylic acids is 1. The Balaban J connectivity index is 4.40. The third kappa shape index (κ3) is 6.19. The molecule has 0 bridgehead atoms. The second kappa shape index (κ2) is 7.65. The molecule has 0 rings (SSSR count). The van der Waals surface area contributed by atoms with Gasteiger partial charge in [0.2, 0.25) is 5.91 Å². The Morgan fingerprint density at radius 1 is 1.33 bits per heavy atom. The van der Waals surface area contributed by atoms with Crippen LogP contribution in [0, 0.1) is 0 Å². The first-order valence-corrected chi connectivity index (χ1v) is 5.76. The van der Waals surface area contributed by atoms with E-state index in [-0.39, 0.29) is 6.10 Å². The molecule has 104 valence electrons. The van der Waals surface area contributed by atoms with Gasteiger partial charge in [-0.15, -0.1) is 0 Å². The second-order valence-electron chi connectivity index (χ2n) is 4.16. The summed E-state index contributed by atoms with van der Waals surface area (Å²) in [7, 11) is 0. The summed E-state index contributed by atoms with van der Waals surface area (Å²) < 4.78 is 4.95. The Kier molecular flexibility index (Phi) is 6.96. The average molecular weight is 260 g/mol. The predicted molar refractivity (Wildman–Crippen MR) is 63.7 cm³/mol. The van der Waals surface area contributed by atoms with Crippen molar-refractivity contribution in [1.29, 1.82) is 0 Å². The minimum Gasteiger partial charge on any atom is -0.481 e. The molecule has 4 N–H and O–H groups in total. The Hall–Kier alpha value is -1.63. The molecule has 2 atom stereocenters. The van der Waals surface area contributed by atoms with Crippen LogP contribution >= 0.6 is 0 Å². The molecule has 0 aliphatic heterocycles. The van der Waals surface area contributed by atoms with Gasteiger partial charge in [0.25, 0.3) is 0 Å². The lowest BCUT2D eigenvalue weighted by molar-refractivity contribution is -0.151. The van der Waals surface area contributed by atoms with Crippen molar-refractivity contribution in [3.63, 3.8) is 0 Å². The molecule has 0 radical (unpaired) electrons. The zero-order valence-corrected chi connectivity index (χ0v) is 10.8. The van der Waals surface area contributed by atoms with Crippen molar-refractivity contribution in [2.75, 3.05) is 0 Å². The molecule has 0 aromatic heterocycles. The van der Waals surface area contributed by atoms with Crippen molar-refractivity contribution in [3.05, 3.63) is 0 Å². The van der Waals surface area contributed by atoms with Gasteiger partial charge in [-0.3, -0.25) is 9.59 Å². The summed E-state index contributed by atoms with van der Waals surface area (Å²) in [6, 6.07) is -1.98. The van der Waals surface area contributed by atoms with Gasteiger partial charge in [0, 0.05) is 0 Å². The van der Waals surface area contributed by atoms with Crippen LogP contribution in [0.2, 0.25) is 0 Å². The quantitative estimate of drug-likeness (QED) is 0.538. The lowest BCUT2D eigenvalue weighted by atomic mass is 10.1. The fourth-order valence-corrected chi connectivity index (χ4v) is 1.20. The highest BCUT2D eigenvalue weighted by Crippen LogP contribution is 2.00. The number of nitrogens with one attached hydrogen (secondary N) is 1. The van der Waals surface area contributed by atoms with Gasteiger partial charge in [0.15, 0.2) is 0 Å². The molecule has 7 nitrogen and oxygen atoms in total. The molecule has 0 aromatic rings. The summed E-state index contributed by atoms with van der Waals surface area (Å²) in [6.07, 6.45) is -0.422. The third-order valence-electron chi connectivity index (χ3n) is 2.09. The lowest BCUT2D eigenvalue weighted by Crippen LogP contribution is -2.49. The summed E-state index contributed by atoms with van der Waals surface area (Å²) in [4.78, 5) is 33.5. The standard InChI is InChI=1S/C11H20N2O5/c1-4-8(11(17)18-6(2)3)13-10(16)7(12)5-9(14)15/h6-8H,4-5,12H2,1-3H3,(H,13,16)(H,14,15)/t7-,8?/m0/s1. The Bertz CT molecular complexity index is 317. The van der Waals surface area contributed by atoms with Crippen molar-refractivity contribution in [2.24, 2.45) is 5.73 Å². The minimum atomic E-state index is -1.18. The van der Waals surface area contributed by atoms with E-state index in [1.165, 1.54) is 0 Å². The number of amides is 1. The van der Waals surface area contributed by atoms with Gasteiger partial charge in [-0.2, -0.15) is 0 Å². The van der Waals surface area contributed by atoms with Crippen LogP contribution in [0.15, 0.2) is 0 Å². The number of carboxylic acid groups (broad SMARTS) is 1. The fourth-order valence-electron chi connectivity index (χ4n) is 1.20. The topological polar surface area (TPSA) is 119 Å². The van der Waals surface area contributed by atoms with E-state index in [1.54, 1.807) is 20.8 Å². The molecular weight excluding hydrogens is 240 g/mol. The van der Waals surface area contributed by atoms with Crippen molar-refractivity contribution in [2.45, 2.75) is 51.8 Å². The van der Waals surface area contributed by atoms with E-state index < -0.39 is 36.4 Å². The van der Waals surface area contributed by atoms with Crippen LogP contribution in [-0.4, -0.2) is 41.1 Å². The van der Waals surface area contributed by atoms with Crippen LogP contribution in [-0.2, 0) is 19.1 Å². The fraction of sp³-hybridized carbons (Fsp3) is 0.727. The first kappa shape index (κ1) is 16.4. The largest absolute Gasteiger partial charge is 0.481 e. The molecule has 0 heterocycles. The van der Waals surface area contributed by atoms with Crippen LogP contribution in [0.4, 0.5) is 0 Å². The number of rotatable bonds is 7. The van der Waals surface area contributed by atoms with Gasteiger partial charge in [-0.25, -0.2) is 4.79 Å². The summed E-state index contributed by atoms with van der Waals surface area (Å²) in [5.74, 6) is -2.40. The third-order valence-corrected chi connectivity index (χ3v) is 2.09. The Morgan fingerprint density at radius 3 is 2.28 bits per heavy atom. The zero-order chi connectivity index (χ0) is 14.3. The van der Waals surface area contributed by atoms with Gasteiger partial charge >= 0.3 is 11.9 Å². The minimum absolute atomic E-state index is 0.281. The van der Waals surface area contributed by atoms with Crippen LogP contribution < -0.4 is 11.1 Å². The van der Waals surface area contributed by atoms with Gasteiger partial charge in [0.1, 0.15) is 6.04 Å². The number of hydrogen-bond acceptors (Lipinski definition) is 5. The molecular formula is C11H20N2O5. The highest BCUT2D eigenvalue weighted by Gasteiger charge is 2.25. The highest BCUT2D eigenvalue weighted by molar-refractivity contribution is 5.89. The van der Waals surface area contributed by atoms with Crippen LogP contribution in [0.3, 0.4) is 0 Å². The Labute approximate surface area is 106 Å². The van der Waals surface area contributed by atoms with Crippen molar-refractivity contribution < 1.29 is 24.2 Å². The number of esters is 1. The normalized spacial score (nSPS) is 13.8. The van der Waals surface area contributed by atoms with Gasteiger partial charge in [0.05, 0.1) is 18.6 Å². The van der Waals surface area contributed by atoms with Crippen LogP contribution in [0.25, 0.3) is 0 Å². The van der Waals surface area contributed by atoms with E-state index >= 15 is 0 Å². The highest BCUT2D eigenvalue weighted by atomic mass is 16.5. The molecule has 0 saturated heterocycles. The monoisotopic (exact) mass is 260 g/mol. The van der Waals surface area contributed by atoms with E-state index in [9.17, 15) is 14.4 Å². The molecule has 1 unspecified atom stereocenters. The first-order valence-electron chi connectivity index (χ1n) is 5.76. The summed E-state index contributed by atoms with van der Waals surface area (Å²) >= 11 is 0. The lowest BCUT2D eigenvalue weighted by Gasteiger charge is -2.19. The molecule has 7 heteroatoms. The molecule has 18 heavy (non-hydrogen) atoms. The van der Waals surface area contributed by atoms with Crippen molar-refractivity contribution in [3.8, 4) is 0 Å². The molecule has 0 aromatic carbocycles. The SMILES string of the molecule is CCC(NC(=O)[C@@H](N)CC(=O)O)C(=O)OC(C)C. The van der Waals surface area contributed by atoms with Crippen LogP contribution in [0.1, 0.15) is 33.6 Å². The van der Waals surface area contributed by atoms with E-state index in [0.717, 1.165) is 0 Å². The number of carbonyl (C=O) groups is 3. The summed E-state index contributed by atoms with van der Waals surface area (Å²) in [6.45, 7) is 5.10. The molecule has 1 amide bonds. The summed E-state index contributed by atoms with van der Waals surface area (Å²) in [5.41, 5.74) is 5.38. The van der Waals surface area contributed by atoms with E-state index in [4.69, 9.17) is 15.6 Å². The average Bonchev–Trinajstić information content (AvgIpc) is 2.23. The maximum Gasteiger partial charge on any atom is 0.328 e. The van der Waals surface area contributed by atoms with Crippen molar-refractivity contribution >= 4 is 17.8 Å². The number of hydrogen-bond donors (Lipinski definition) is 3. The zero-order valence-electron chi connectivity index (χ0n) is 10.8. The Morgan fingerprint density at radius 2 is 1.89 bits per heavy atom. The molecule has 0 aliphatic rings. The van der Waals surface area contributed by atoms with Gasteiger partial charge < -0.3 is 20.9 Å². The first-order chi connectivity index (χ1) is 8.27.